The molecular weight excluding hydrogens is 558 g/mol. The molecule has 1 aromatic carbocycles. The number of hydrogen-bond donors (Lipinski definition) is 0. The van der Waals surface area contributed by atoms with Crippen molar-refractivity contribution >= 4 is 51.7 Å². The minimum atomic E-state index is -0.178. The Morgan fingerprint density at radius 3 is 2.63 bits per heavy atom. The Morgan fingerprint density at radius 1 is 1.05 bits per heavy atom. The van der Waals surface area contributed by atoms with Gasteiger partial charge < -0.3 is 14.4 Å². The van der Waals surface area contributed by atoms with Crippen LogP contribution in [0.1, 0.15) is 42.4 Å². The van der Waals surface area contributed by atoms with Gasteiger partial charge in [0.05, 0.1) is 10.5 Å². The molecule has 11 heteroatoms. The van der Waals surface area contributed by atoms with Crippen LogP contribution in [0.25, 0.3) is 11.7 Å². The molecule has 1 aliphatic carbocycles. The molecule has 3 fully saturated rings. The number of carbonyl (C=O) groups excluding carboxylic acids is 1. The van der Waals surface area contributed by atoms with Gasteiger partial charge in [0.1, 0.15) is 15.8 Å². The zero-order valence-electron chi connectivity index (χ0n) is 22.9. The number of ether oxygens (including phenoxy) is 2. The molecule has 0 N–H and O–H groups in total. The molecular formula is C30H31N5O4S2. The van der Waals surface area contributed by atoms with Gasteiger partial charge in [-0.3, -0.25) is 23.8 Å². The Balaban J connectivity index is 1.17. The van der Waals surface area contributed by atoms with Gasteiger partial charge in [-0.15, -0.1) is 0 Å². The lowest BCUT2D eigenvalue weighted by atomic mass is 10.1. The minimum absolute atomic E-state index is 0.0971. The van der Waals surface area contributed by atoms with Crippen LogP contribution in [-0.2, 0) is 11.3 Å². The van der Waals surface area contributed by atoms with Gasteiger partial charge in [-0.1, -0.05) is 49.0 Å². The van der Waals surface area contributed by atoms with Crippen molar-refractivity contribution in [1.82, 2.24) is 19.2 Å². The lowest BCUT2D eigenvalue weighted by Crippen LogP contribution is -2.47. The van der Waals surface area contributed by atoms with E-state index in [-0.39, 0.29) is 24.3 Å². The highest BCUT2D eigenvalue weighted by molar-refractivity contribution is 8.26. The molecule has 9 nitrogen and oxygen atoms in total. The summed E-state index contributed by atoms with van der Waals surface area (Å²) in [5, 5.41) is 0. The monoisotopic (exact) mass is 589 g/mol. The fourth-order valence-electron chi connectivity index (χ4n) is 6.12. The molecule has 5 heterocycles. The van der Waals surface area contributed by atoms with Crippen molar-refractivity contribution < 1.29 is 14.3 Å². The molecule has 1 saturated carbocycles. The molecule has 0 bridgehead atoms. The Morgan fingerprint density at radius 2 is 1.83 bits per heavy atom. The van der Waals surface area contributed by atoms with Gasteiger partial charge in [-0.2, -0.15) is 0 Å². The summed E-state index contributed by atoms with van der Waals surface area (Å²) in [7, 11) is 0. The third-order valence-corrected chi connectivity index (χ3v) is 9.62. The van der Waals surface area contributed by atoms with Crippen LogP contribution in [0.3, 0.4) is 0 Å². The second-order valence-corrected chi connectivity index (χ2v) is 12.7. The molecule has 7 rings (SSSR count). The summed E-state index contributed by atoms with van der Waals surface area (Å²) in [6, 6.07) is 10.1. The van der Waals surface area contributed by atoms with Crippen LogP contribution >= 0.6 is 24.0 Å². The van der Waals surface area contributed by atoms with E-state index in [1.54, 1.807) is 21.6 Å². The van der Waals surface area contributed by atoms with Crippen LogP contribution in [0.4, 0.5) is 5.82 Å². The number of carbonyl (C=O) groups is 1. The zero-order valence-corrected chi connectivity index (χ0v) is 24.5. The number of fused-ring (bicyclic) bond motifs is 2. The predicted octanol–water partition coefficient (Wildman–Crippen LogP) is 4.20. The lowest BCUT2D eigenvalue weighted by Gasteiger charge is -2.36. The first-order valence-corrected chi connectivity index (χ1v) is 15.3. The SMILES string of the molecule is Cc1ccc2nc(N3CCN(Cc4ccc5c(c4)OCO5)CC3)c(C=C3SC(=S)N(C4CCCC4)C3=O)c(=O)n2c1. The zero-order chi connectivity index (χ0) is 28.1. The minimum Gasteiger partial charge on any atom is -0.454 e. The van der Waals surface area contributed by atoms with E-state index in [0.717, 1.165) is 62.4 Å². The summed E-state index contributed by atoms with van der Waals surface area (Å²) in [5.74, 6) is 2.10. The quantitative estimate of drug-likeness (QED) is 0.321. The fourth-order valence-corrected chi connectivity index (χ4v) is 7.50. The molecule has 4 aliphatic rings. The van der Waals surface area contributed by atoms with Crippen LogP contribution in [0, 0.1) is 6.92 Å². The number of aryl methyl sites for hydroxylation is 1. The van der Waals surface area contributed by atoms with Gasteiger partial charge in [-0.05, 0) is 55.2 Å². The van der Waals surface area contributed by atoms with Crippen molar-refractivity contribution in [2.24, 2.45) is 0 Å². The predicted molar refractivity (Wildman–Crippen MR) is 164 cm³/mol. The first-order chi connectivity index (χ1) is 19.9. The molecule has 2 aromatic heterocycles. The number of rotatable bonds is 5. The smallest absolute Gasteiger partial charge is 0.267 e. The van der Waals surface area contributed by atoms with Gasteiger partial charge in [0.15, 0.2) is 11.5 Å². The highest BCUT2D eigenvalue weighted by atomic mass is 32.2. The number of piperazine rings is 1. The molecule has 41 heavy (non-hydrogen) atoms. The summed E-state index contributed by atoms with van der Waals surface area (Å²) < 4.78 is 13.1. The number of thioether (sulfide) groups is 1. The van der Waals surface area contributed by atoms with Gasteiger partial charge in [-0.25, -0.2) is 4.98 Å². The van der Waals surface area contributed by atoms with E-state index in [1.807, 2.05) is 31.2 Å². The Kier molecular flexibility index (Phi) is 6.96. The maximum absolute atomic E-state index is 13.9. The van der Waals surface area contributed by atoms with Gasteiger partial charge in [0.2, 0.25) is 6.79 Å². The van der Waals surface area contributed by atoms with Crippen molar-refractivity contribution in [3.63, 3.8) is 0 Å². The summed E-state index contributed by atoms with van der Waals surface area (Å²) in [4.78, 5) is 39.2. The van der Waals surface area contributed by atoms with Crippen molar-refractivity contribution in [2.75, 3.05) is 37.9 Å². The molecule has 3 aliphatic heterocycles. The number of anilines is 1. The second-order valence-electron chi connectivity index (χ2n) is 11.0. The molecule has 2 saturated heterocycles. The summed E-state index contributed by atoms with van der Waals surface area (Å²) >= 11 is 6.92. The van der Waals surface area contributed by atoms with Gasteiger partial charge >= 0.3 is 0 Å². The molecule has 0 radical (unpaired) electrons. The maximum atomic E-state index is 13.9. The fraction of sp³-hybridized carbons (Fsp3) is 0.400. The van der Waals surface area contributed by atoms with E-state index in [1.165, 1.54) is 17.3 Å². The largest absolute Gasteiger partial charge is 0.454 e. The molecule has 0 atom stereocenters. The average Bonchev–Trinajstić information content (AvgIpc) is 3.72. The second kappa shape index (κ2) is 10.8. The van der Waals surface area contributed by atoms with Crippen LogP contribution in [0.2, 0.25) is 0 Å². The molecule has 1 amide bonds. The molecule has 0 unspecified atom stereocenters. The summed E-state index contributed by atoms with van der Waals surface area (Å²) in [5.41, 5.74) is 2.98. The molecule has 212 valence electrons. The standard InChI is InChI=1S/C30H31N5O4S2/c1-19-6-9-26-31-27(33-12-10-32(11-13-33)17-20-7-8-23-24(14-20)39-18-38-23)22(28(36)34(26)16-19)15-25-29(37)35(30(40)41-25)21-4-2-3-5-21/h6-9,14-16,21H,2-5,10-13,17-18H2,1H3. The van der Waals surface area contributed by atoms with Crippen LogP contribution < -0.4 is 19.9 Å². The number of benzene rings is 1. The lowest BCUT2D eigenvalue weighted by molar-refractivity contribution is -0.123. The van der Waals surface area contributed by atoms with E-state index >= 15 is 0 Å². The van der Waals surface area contributed by atoms with Crippen LogP contribution in [-0.4, -0.2) is 68.4 Å². The highest BCUT2D eigenvalue weighted by Crippen LogP contribution is 2.38. The van der Waals surface area contributed by atoms with Gasteiger partial charge in [0.25, 0.3) is 11.5 Å². The van der Waals surface area contributed by atoms with E-state index in [0.29, 0.717) is 39.3 Å². The maximum Gasteiger partial charge on any atom is 0.267 e. The van der Waals surface area contributed by atoms with E-state index < -0.39 is 0 Å². The number of hydrogen-bond acceptors (Lipinski definition) is 9. The number of thiocarbonyl (C=S) groups is 1. The van der Waals surface area contributed by atoms with E-state index in [9.17, 15) is 9.59 Å². The van der Waals surface area contributed by atoms with Crippen LogP contribution in [0.5, 0.6) is 11.5 Å². The third kappa shape index (κ3) is 5.00. The topological polar surface area (TPSA) is 79.6 Å². The number of nitrogens with zero attached hydrogens (tertiary/aromatic N) is 5. The first-order valence-electron chi connectivity index (χ1n) is 14.1. The third-order valence-electron chi connectivity index (χ3n) is 8.29. The highest BCUT2D eigenvalue weighted by Gasteiger charge is 2.38. The summed E-state index contributed by atoms with van der Waals surface area (Å²) in [6.07, 6.45) is 7.70. The van der Waals surface area contributed by atoms with E-state index in [2.05, 4.69) is 15.9 Å². The van der Waals surface area contributed by atoms with Crippen molar-refractivity contribution in [3.8, 4) is 11.5 Å². The Labute approximate surface area is 247 Å². The molecule has 0 spiro atoms. The first kappa shape index (κ1) is 26.5. The van der Waals surface area contributed by atoms with Crippen molar-refractivity contribution in [2.45, 2.75) is 45.2 Å². The Hall–Kier alpha value is -3.41. The number of pyridine rings is 1. The summed E-state index contributed by atoms with van der Waals surface area (Å²) in [6.45, 7) is 6.06. The van der Waals surface area contributed by atoms with Gasteiger partial charge in [0, 0.05) is 45.0 Å². The van der Waals surface area contributed by atoms with E-state index in [4.69, 9.17) is 26.7 Å². The van der Waals surface area contributed by atoms with Crippen LogP contribution in [0.15, 0.2) is 46.2 Å². The number of aromatic nitrogens is 2. The van der Waals surface area contributed by atoms with Crippen molar-refractivity contribution in [1.29, 1.82) is 0 Å². The average molecular weight is 590 g/mol. The molecule has 3 aromatic rings. The number of amides is 1. The Bertz CT molecular complexity index is 1640. The normalized spacial score (nSPS) is 20.8. The van der Waals surface area contributed by atoms with Crippen molar-refractivity contribution in [3.05, 3.63) is 68.5 Å².